The Labute approximate surface area is 184 Å². The minimum atomic E-state index is -5.08. The zero-order valence-electron chi connectivity index (χ0n) is 18.0. The van der Waals surface area contributed by atoms with E-state index in [2.05, 4.69) is 46.3 Å². The molecule has 2 aromatic rings. The van der Waals surface area contributed by atoms with E-state index in [1.54, 1.807) is 0 Å². The van der Waals surface area contributed by atoms with Crippen LogP contribution in [0.25, 0.3) is 11.3 Å². The van der Waals surface area contributed by atoms with E-state index < -0.39 is 12.1 Å². The van der Waals surface area contributed by atoms with E-state index >= 15 is 0 Å². The molecule has 1 aromatic heterocycles. The second kappa shape index (κ2) is 10.2. The zero-order chi connectivity index (χ0) is 23.3. The zero-order valence-corrected chi connectivity index (χ0v) is 18.0. The lowest BCUT2D eigenvalue weighted by Gasteiger charge is -2.28. The number of benzene rings is 1. The molecule has 1 fully saturated rings. The highest BCUT2D eigenvalue weighted by atomic mass is 19.4. The number of carbonyl (C=O) groups excluding carboxylic acids is 1. The first-order valence-electron chi connectivity index (χ1n) is 10.9. The third-order valence-electron chi connectivity index (χ3n) is 6.05. The van der Waals surface area contributed by atoms with Gasteiger partial charge in [0.25, 0.3) is 0 Å². The summed E-state index contributed by atoms with van der Waals surface area (Å²) >= 11 is 0. The molecule has 0 radical (unpaired) electrons. The molecule has 32 heavy (non-hydrogen) atoms. The fourth-order valence-corrected chi connectivity index (χ4v) is 4.26. The van der Waals surface area contributed by atoms with Crippen LogP contribution in [0.5, 0.6) is 0 Å². The lowest BCUT2D eigenvalue weighted by atomic mass is 9.88. The minimum absolute atomic E-state index is 0.264. The standard InChI is InChI=1S/C21H27N3O.C2HF3O2/c1-15-7-9-16(10-8-15)20-18-11-13-24(14-12-19(18)22-23-20)21(25)17-5-3-2-4-6-17;3-2(4,5)1(6)7/h7-10,17H,2-6,11-14H2,1H3,(H,22,23);(H,6,7). The molecule has 2 N–H and O–H groups in total. The summed E-state index contributed by atoms with van der Waals surface area (Å²) in [6.07, 6.45) is 2.57. The van der Waals surface area contributed by atoms with Gasteiger partial charge in [-0.3, -0.25) is 9.89 Å². The number of aromatic amines is 1. The fourth-order valence-electron chi connectivity index (χ4n) is 4.26. The van der Waals surface area contributed by atoms with Crippen molar-refractivity contribution >= 4 is 11.9 Å². The Morgan fingerprint density at radius 1 is 1.06 bits per heavy atom. The number of amides is 1. The molecule has 0 spiro atoms. The van der Waals surface area contributed by atoms with Gasteiger partial charge in [-0.25, -0.2) is 4.79 Å². The molecule has 1 aliphatic carbocycles. The van der Waals surface area contributed by atoms with Gasteiger partial charge in [0.05, 0.1) is 5.69 Å². The third kappa shape index (κ3) is 5.89. The van der Waals surface area contributed by atoms with Crippen LogP contribution in [-0.4, -0.2) is 51.3 Å². The highest BCUT2D eigenvalue weighted by Crippen LogP contribution is 2.29. The smallest absolute Gasteiger partial charge is 0.475 e. The van der Waals surface area contributed by atoms with Crippen molar-refractivity contribution in [3.05, 3.63) is 41.1 Å². The van der Waals surface area contributed by atoms with Gasteiger partial charge in [0, 0.05) is 42.2 Å². The number of carboxylic acids is 1. The van der Waals surface area contributed by atoms with Crippen LogP contribution < -0.4 is 0 Å². The number of nitrogens with one attached hydrogen (secondary N) is 1. The number of alkyl halides is 3. The fraction of sp³-hybridized carbons (Fsp3) is 0.522. The maximum absolute atomic E-state index is 12.9. The first-order chi connectivity index (χ1) is 15.2. The average molecular weight is 451 g/mol. The lowest BCUT2D eigenvalue weighted by molar-refractivity contribution is -0.192. The molecule has 0 atom stereocenters. The lowest BCUT2D eigenvalue weighted by Crippen LogP contribution is -2.38. The molecule has 2 aliphatic rings. The molecule has 1 amide bonds. The molecule has 4 rings (SSSR count). The van der Waals surface area contributed by atoms with E-state index in [-0.39, 0.29) is 5.92 Å². The quantitative estimate of drug-likeness (QED) is 0.703. The van der Waals surface area contributed by atoms with Gasteiger partial charge in [-0.15, -0.1) is 0 Å². The van der Waals surface area contributed by atoms with E-state index in [9.17, 15) is 18.0 Å². The molecule has 6 nitrogen and oxygen atoms in total. The summed E-state index contributed by atoms with van der Waals surface area (Å²) in [7, 11) is 0. The van der Waals surface area contributed by atoms with E-state index in [0.717, 1.165) is 50.0 Å². The number of carboxylic acid groups (broad SMARTS) is 1. The van der Waals surface area contributed by atoms with Crippen molar-refractivity contribution in [3.63, 3.8) is 0 Å². The molecular formula is C23H28F3N3O3. The number of nitrogens with zero attached hydrogens (tertiary/aromatic N) is 2. The Kier molecular flexibility index (Phi) is 7.58. The van der Waals surface area contributed by atoms with Crippen molar-refractivity contribution in [1.29, 1.82) is 0 Å². The van der Waals surface area contributed by atoms with Crippen LogP contribution in [-0.2, 0) is 22.4 Å². The molecule has 0 unspecified atom stereocenters. The highest BCUT2D eigenvalue weighted by Gasteiger charge is 2.38. The number of hydrogen-bond donors (Lipinski definition) is 2. The summed E-state index contributed by atoms with van der Waals surface area (Å²) in [5.74, 6) is -2.11. The molecule has 1 saturated carbocycles. The predicted molar refractivity (Wildman–Crippen MR) is 113 cm³/mol. The maximum Gasteiger partial charge on any atom is 0.490 e. The SMILES string of the molecule is Cc1ccc(-c2n[nH]c3c2CCN(C(=O)C2CCCCC2)CC3)cc1.O=C(O)C(F)(F)F. The molecule has 9 heteroatoms. The topological polar surface area (TPSA) is 86.3 Å². The summed E-state index contributed by atoms with van der Waals surface area (Å²) in [4.78, 5) is 23.9. The molecular weight excluding hydrogens is 423 g/mol. The molecule has 2 heterocycles. The minimum Gasteiger partial charge on any atom is -0.475 e. The Bertz CT molecular complexity index is 932. The number of aryl methyl sites for hydroxylation is 1. The van der Waals surface area contributed by atoms with Crippen LogP contribution in [0.3, 0.4) is 0 Å². The van der Waals surface area contributed by atoms with Gasteiger partial charge in [0.2, 0.25) is 5.91 Å². The van der Waals surface area contributed by atoms with Crippen LogP contribution in [0.2, 0.25) is 0 Å². The monoisotopic (exact) mass is 451 g/mol. The second-order valence-corrected chi connectivity index (χ2v) is 8.36. The van der Waals surface area contributed by atoms with Crippen LogP contribution in [0.15, 0.2) is 24.3 Å². The van der Waals surface area contributed by atoms with Gasteiger partial charge in [-0.2, -0.15) is 18.3 Å². The number of halogens is 3. The molecule has 0 saturated heterocycles. The molecule has 0 bridgehead atoms. The first kappa shape index (κ1) is 23.8. The van der Waals surface area contributed by atoms with Crippen molar-refractivity contribution < 1.29 is 27.9 Å². The average Bonchev–Trinajstić information content (AvgIpc) is 3.05. The van der Waals surface area contributed by atoms with Gasteiger partial charge >= 0.3 is 12.1 Å². The van der Waals surface area contributed by atoms with Crippen molar-refractivity contribution in [3.8, 4) is 11.3 Å². The van der Waals surface area contributed by atoms with Gasteiger partial charge in [0.15, 0.2) is 0 Å². The number of fused-ring (bicyclic) bond motifs is 1. The van der Waals surface area contributed by atoms with Crippen molar-refractivity contribution in [1.82, 2.24) is 15.1 Å². The van der Waals surface area contributed by atoms with E-state index in [1.807, 2.05) is 0 Å². The van der Waals surface area contributed by atoms with Gasteiger partial charge < -0.3 is 10.0 Å². The van der Waals surface area contributed by atoms with E-state index in [4.69, 9.17) is 9.90 Å². The van der Waals surface area contributed by atoms with Crippen LogP contribution in [0.4, 0.5) is 13.2 Å². The van der Waals surface area contributed by atoms with E-state index in [1.165, 1.54) is 36.1 Å². The Hall–Kier alpha value is -2.84. The van der Waals surface area contributed by atoms with Crippen LogP contribution in [0, 0.1) is 12.8 Å². The van der Waals surface area contributed by atoms with Crippen molar-refractivity contribution in [2.24, 2.45) is 5.92 Å². The normalized spacial score (nSPS) is 17.1. The summed E-state index contributed by atoms with van der Waals surface area (Å²) in [5, 5.41) is 14.9. The largest absolute Gasteiger partial charge is 0.490 e. The summed E-state index contributed by atoms with van der Waals surface area (Å²) in [6, 6.07) is 8.54. The number of hydrogen-bond acceptors (Lipinski definition) is 3. The van der Waals surface area contributed by atoms with Crippen molar-refractivity contribution in [2.75, 3.05) is 13.1 Å². The van der Waals surface area contributed by atoms with Crippen molar-refractivity contribution in [2.45, 2.75) is 58.0 Å². The number of H-pyrrole nitrogens is 1. The molecule has 1 aromatic carbocycles. The summed E-state index contributed by atoms with van der Waals surface area (Å²) in [6.45, 7) is 3.74. The van der Waals surface area contributed by atoms with Gasteiger partial charge in [-0.1, -0.05) is 49.1 Å². The maximum atomic E-state index is 12.9. The number of carbonyl (C=O) groups is 2. The van der Waals surface area contributed by atoms with Gasteiger partial charge in [0.1, 0.15) is 0 Å². The number of rotatable bonds is 2. The summed E-state index contributed by atoms with van der Waals surface area (Å²) < 4.78 is 31.7. The second-order valence-electron chi connectivity index (χ2n) is 8.36. The Morgan fingerprint density at radius 3 is 2.25 bits per heavy atom. The highest BCUT2D eigenvalue weighted by molar-refractivity contribution is 5.79. The first-order valence-corrected chi connectivity index (χ1v) is 10.9. The summed E-state index contributed by atoms with van der Waals surface area (Å²) in [5.41, 5.74) is 5.98. The molecule has 1 aliphatic heterocycles. The van der Waals surface area contributed by atoms with Crippen LogP contribution in [0.1, 0.15) is 48.9 Å². The van der Waals surface area contributed by atoms with Crippen LogP contribution >= 0.6 is 0 Å². The Morgan fingerprint density at radius 2 is 1.66 bits per heavy atom. The molecule has 174 valence electrons. The number of aliphatic carboxylic acids is 1. The number of aromatic nitrogens is 2. The Balaban J connectivity index is 0.000000360. The van der Waals surface area contributed by atoms with E-state index in [0.29, 0.717) is 5.91 Å². The third-order valence-corrected chi connectivity index (χ3v) is 6.05. The van der Waals surface area contributed by atoms with Gasteiger partial charge in [-0.05, 0) is 26.2 Å². The predicted octanol–water partition coefficient (Wildman–Crippen LogP) is 4.53.